The van der Waals surface area contributed by atoms with Crippen molar-refractivity contribution >= 4 is 23.2 Å². The van der Waals surface area contributed by atoms with Gasteiger partial charge in [-0.3, -0.25) is 10.1 Å². The topological polar surface area (TPSA) is 47.6 Å². The Morgan fingerprint density at radius 3 is 2.50 bits per heavy atom. The summed E-state index contributed by atoms with van der Waals surface area (Å²) < 4.78 is 0. The Labute approximate surface area is 150 Å². The van der Waals surface area contributed by atoms with Crippen LogP contribution >= 0.6 is 12.2 Å². The Morgan fingerprint density at radius 1 is 1.29 bits per heavy atom. The van der Waals surface area contributed by atoms with Crippen LogP contribution in [-0.2, 0) is 4.79 Å². The monoisotopic (exact) mass is 350 g/mol. The van der Waals surface area contributed by atoms with Crippen LogP contribution in [0, 0.1) is 5.92 Å². The molecule has 4 rings (SSSR count). The van der Waals surface area contributed by atoms with Crippen molar-refractivity contribution in [1.82, 2.24) is 20.4 Å². The Bertz CT molecular complexity index is 521. The third-order valence-electron chi connectivity index (χ3n) is 5.84. The van der Waals surface area contributed by atoms with E-state index in [1.165, 1.54) is 25.7 Å². The first-order valence-electron chi connectivity index (χ1n) is 9.65. The van der Waals surface area contributed by atoms with E-state index in [9.17, 15) is 4.79 Å². The maximum absolute atomic E-state index is 13.0. The molecular formula is C18H30N4OS. The number of carbonyl (C=O) groups excluding carboxylic acids is 1. The number of nitrogens with zero attached hydrogens (tertiary/aromatic N) is 2. The highest BCUT2D eigenvalue weighted by Crippen LogP contribution is 2.41. The summed E-state index contributed by atoms with van der Waals surface area (Å²) in [6.45, 7) is 6.28. The fourth-order valence-corrected chi connectivity index (χ4v) is 4.64. The largest absolute Gasteiger partial charge is 0.360 e. The lowest BCUT2D eigenvalue weighted by molar-refractivity contribution is -0.134. The highest BCUT2D eigenvalue weighted by molar-refractivity contribution is 7.80. The number of thiocarbonyl (C=S) groups is 1. The molecule has 2 saturated carbocycles. The predicted molar refractivity (Wildman–Crippen MR) is 98.5 cm³/mol. The van der Waals surface area contributed by atoms with Crippen LogP contribution in [0.15, 0.2) is 0 Å². The summed E-state index contributed by atoms with van der Waals surface area (Å²) in [5.41, 5.74) is -0.122. The van der Waals surface area contributed by atoms with Crippen LogP contribution in [0.2, 0.25) is 0 Å². The number of nitrogens with one attached hydrogen (secondary N) is 2. The van der Waals surface area contributed by atoms with E-state index >= 15 is 0 Å². The van der Waals surface area contributed by atoms with Crippen LogP contribution in [-0.4, -0.2) is 57.7 Å². The lowest BCUT2D eigenvalue weighted by Crippen LogP contribution is -2.61. The van der Waals surface area contributed by atoms with Crippen LogP contribution < -0.4 is 10.6 Å². The fraction of sp³-hybridized carbons (Fsp3) is 0.889. The predicted octanol–water partition coefficient (Wildman–Crippen LogP) is 1.82. The SMILES string of the molecule is CC(C)CC1NC2(CCN(C(=S)NC3CC3)CC2)N(C2CC2)C1=O. The molecule has 2 aliphatic heterocycles. The second kappa shape index (κ2) is 6.13. The van der Waals surface area contributed by atoms with Crippen LogP contribution in [0.1, 0.15) is 58.8 Å². The molecule has 2 saturated heterocycles. The highest BCUT2D eigenvalue weighted by Gasteiger charge is 2.55. The first-order valence-corrected chi connectivity index (χ1v) is 10.1. The van der Waals surface area contributed by atoms with Crippen molar-refractivity contribution in [3.05, 3.63) is 0 Å². The van der Waals surface area contributed by atoms with Gasteiger partial charge in [-0.1, -0.05) is 13.8 Å². The number of hydrogen-bond acceptors (Lipinski definition) is 3. The summed E-state index contributed by atoms with van der Waals surface area (Å²) in [5.74, 6) is 0.886. The molecule has 24 heavy (non-hydrogen) atoms. The molecule has 6 heteroatoms. The summed E-state index contributed by atoms with van der Waals surface area (Å²) >= 11 is 5.56. The van der Waals surface area contributed by atoms with Crippen LogP contribution in [0.4, 0.5) is 0 Å². The normalized spacial score (nSPS) is 29.6. The van der Waals surface area contributed by atoms with Gasteiger partial charge in [0.1, 0.15) is 0 Å². The van der Waals surface area contributed by atoms with E-state index in [-0.39, 0.29) is 11.7 Å². The van der Waals surface area contributed by atoms with Crippen LogP contribution in [0.5, 0.6) is 0 Å². The first-order chi connectivity index (χ1) is 11.5. The molecule has 0 aromatic rings. The molecule has 134 valence electrons. The first kappa shape index (κ1) is 16.6. The summed E-state index contributed by atoms with van der Waals surface area (Å²) in [6.07, 6.45) is 7.76. The molecule has 1 amide bonds. The van der Waals surface area contributed by atoms with Crippen molar-refractivity contribution in [3.8, 4) is 0 Å². The molecular weight excluding hydrogens is 320 g/mol. The van der Waals surface area contributed by atoms with E-state index in [2.05, 4.69) is 34.3 Å². The van der Waals surface area contributed by atoms with Gasteiger partial charge < -0.3 is 15.1 Å². The molecule has 0 aromatic heterocycles. The average Bonchev–Trinajstić information content (AvgIpc) is 3.42. The summed E-state index contributed by atoms with van der Waals surface area (Å²) in [4.78, 5) is 17.5. The molecule has 1 spiro atoms. The Balaban J connectivity index is 1.43. The van der Waals surface area contributed by atoms with Gasteiger partial charge >= 0.3 is 0 Å². The van der Waals surface area contributed by atoms with E-state index < -0.39 is 0 Å². The molecule has 4 fully saturated rings. The molecule has 0 aromatic carbocycles. The molecule has 2 aliphatic carbocycles. The number of likely N-dealkylation sites (tertiary alicyclic amines) is 1. The average molecular weight is 351 g/mol. The minimum Gasteiger partial charge on any atom is -0.360 e. The number of amides is 1. The number of hydrogen-bond donors (Lipinski definition) is 2. The fourth-order valence-electron chi connectivity index (χ4n) is 4.29. The van der Waals surface area contributed by atoms with Crippen molar-refractivity contribution in [2.45, 2.75) is 82.6 Å². The van der Waals surface area contributed by atoms with Gasteiger partial charge in [-0.15, -0.1) is 0 Å². The zero-order chi connectivity index (χ0) is 16.9. The number of rotatable bonds is 4. The van der Waals surface area contributed by atoms with Crippen LogP contribution in [0.25, 0.3) is 0 Å². The maximum atomic E-state index is 13.0. The second-order valence-electron chi connectivity index (χ2n) is 8.51. The molecule has 2 N–H and O–H groups in total. The van der Waals surface area contributed by atoms with Gasteiger partial charge in [0.2, 0.25) is 5.91 Å². The van der Waals surface area contributed by atoms with Gasteiger partial charge in [-0.2, -0.15) is 0 Å². The summed E-state index contributed by atoms with van der Waals surface area (Å²) in [5, 5.41) is 8.12. The Kier molecular flexibility index (Phi) is 4.23. The zero-order valence-corrected chi connectivity index (χ0v) is 15.7. The minimum absolute atomic E-state index is 0.00805. The second-order valence-corrected chi connectivity index (χ2v) is 8.89. The molecule has 2 heterocycles. The van der Waals surface area contributed by atoms with Gasteiger partial charge in [0.15, 0.2) is 5.11 Å². The van der Waals surface area contributed by atoms with Crippen LogP contribution in [0.3, 0.4) is 0 Å². The van der Waals surface area contributed by atoms with Gasteiger partial charge in [0, 0.05) is 38.0 Å². The third kappa shape index (κ3) is 3.15. The lowest BCUT2D eigenvalue weighted by atomic mass is 9.95. The molecule has 4 aliphatic rings. The Hall–Kier alpha value is -0.880. The van der Waals surface area contributed by atoms with Gasteiger partial charge in [0.25, 0.3) is 0 Å². The summed E-state index contributed by atoms with van der Waals surface area (Å²) in [7, 11) is 0. The van der Waals surface area contributed by atoms with E-state index in [4.69, 9.17) is 12.2 Å². The van der Waals surface area contributed by atoms with E-state index in [0.29, 0.717) is 23.9 Å². The van der Waals surface area contributed by atoms with Gasteiger partial charge in [-0.05, 0) is 50.2 Å². The van der Waals surface area contributed by atoms with E-state index in [1.54, 1.807) is 0 Å². The summed E-state index contributed by atoms with van der Waals surface area (Å²) in [6, 6.07) is 1.09. The Morgan fingerprint density at radius 2 is 1.96 bits per heavy atom. The van der Waals surface area contributed by atoms with E-state index in [0.717, 1.165) is 37.5 Å². The molecule has 5 nitrogen and oxygen atoms in total. The van der Waals surface area contributed by atoms with Crippen molar-refractivity contribution in [3.63, 3.8) is 0 Å². The zero-order valence-electron chi connectivity index (χ0n) is 14.9. The molecule has 0 radical (unpaired) electrons. The van der Waals surface area contributed by atoms with Crippen molar-refractivity contribution < 1.29 is 4.79 Å². The third-order valence-corrected chi connectivity index (χ3v) is 6.22. The number of carbonyl (C=O) groups is 1. The quantitative estimate of drug-likeness (QED) is 0.758. The minimum atomic E-state index is -0.122. The molecule has 1 atom stereocenters. The highest BCUT2D eigenvalue weighted by atomic mass is 32.1. The van der Waals surface area contributed by atoms with Crippen molar-refractivity contribution in [2.75, 3.05) is 13.1 Å². The number of piperidine rings is 1. The standard InChI is InChI=1S/C18H30N4OS/c1-12(2)11-15-16(23)22(14-5-6-14)18(20-15)7-9-21(10-8-18)17(24)19-13-3-4-13/h12-15,20H,3-11H2,1-2H3,(H,19,24). The van der Waals surface area contributed by atoms with Gasteiger partial charge in [0.05, 0.1) is 11.7 Å². The van der Waals surface area contributed by atoms with Gasteiger partial charge in [-0.25, -0.2) is 0 Å². The smallest absolute Gasteiger partial charge is 0.241 e. The lowest BCUT2D eigenvalue weighted by Gasteiger charge is -2.45. The molecule has 0 bridgehead atoms. The van der Waals surface area contributed by atoms with Crippen molar-refractivity contribution in [1.29, 1.82) is 0 Å². The maximum Gasteiger partial charge on any atom is 0.241 e. The van der Waals surface area contributed by atoms with Crippen molar-refractivity contribution in [2.24, 2.45) is 5.92 Å². The molecule has 1 unspecified atom stereocenters. The van der Waals surface area contributed by atoms with E-state index in [1.807, 2.05) is 0 Å².